The average Bonchev–Trinajstić information content (AvgIpc) is 2.74. The van der Waals surface area contributed by atoms with Crippen LogP contribution in [0.2, 0.25) is 0 Å². The molecule has 0 saturated carbocycles. The van der Waals surface area contributed by atoms with Crippen molar-refractivity contribution in [3.63, 3.8) is 0 Å². The number of para-hydroxylation sites is 2. The number of hydrogen-bond acceptors (Lipinski definition) is 3. The van der Waals surface area contributed by atoms with Crippen LogP contribution in [0.5, 0.6) is 11.5 Å². The molecule has 2 rings (SSSR count). The molecule has 254 valence electrons. The van der Waals surface area contributed by atoms with Crippen molar-refractivity contribution in [3.05, 3.63) is 70.0 Å². The maximum atomic E-state index is 10.3. The van der Waals surface area contributed by atoms with Crippen LogP contribution in [0.15, 0.2) is 41.4 Å². The van der Waals surface area contributed by atoms with Gasteiger partial charge >= 0.3 is 26.2 Å². The van der Waals surface area contributed by atoms with Crippen molar-refractivity contribution in [2.75, 3.05) is 0 Å². The number of aromatic hydroxyl groups is 2. The van der Waals surface area contributed by atoms with Crippen molar-refractivity contribution in [1.82, 2.24) is 0 Å². The predicted molar refractivity (Wildman–Crippen MR) is 196 cm³/mol. The zero-order valence-electron chi connectivity index (χ0n) is 32.8. The molecule has 5 heteroatoms. The van der Waals surface area contributed by atoms with Crippen LogP contribution in [-0.2, 0) is 47.9 Å². The Morgan fingerprint density at radius 3 is 0.978 bits per heavy atom. The van der Waals surface area contributed by atoms with Crippen molar-refractivity contribution >= 4 is 5.71 Å². The fraction of sp³-hybridized carbons (Fsp3) is 0.650. The summed E-state index contributed by atoms with van der Waals surface area (Å²) in [6.07, 6.45) is 0. The van der Waals surface area contributed by atoms with E-state index in [-0.39, 0.29) is 58.9 Å². The zero-order valence-corrected chi connectivity index (χ0v) is 35.2. The molecule has 0 saturated heterocycles. The number of phenolic OH excluding ortho intramolecular Hbond substituents is 2. The summed E-state index contributed by atoms with van der Waals surface area (Å²) >= 11 is 0. The van der Waals surface area contributed by atoms with Gasteiger partial charge in [0.05, 0.1) is 0 Å². The summed E-state index contributed by atoms with van der Waals surface area (Å²) < 4.78 is 0. The Kier molecular flexibility index (Phi) is 16.7. The van der Waals surface area contributed by atoms with Gasteiger partial charge in [0.1, 0.15) is 11.5 Å². The van der Waals surface area contributed by atoms with Crippen LogP contribution >= 0.6 is 0 Å². The fourth-order valence-electron chi connectivity index (χ4n) is 4.68. The fourth-order valence-corrected chi connectivity index (χ4v) is 4.68. The third kappa shape index (κ3) is 16.7. The molecule has 2 N–H and O–H groups in total. The number of benzene rings is 2. The Bertz CT molecular complexity index is 1080. The van der Waals surface area contributed by atoms with Crippen molar-refractivity contribution in [2.24, 2.45) is 4.99 Å². The Hall–Kier alpha value is -1.58. The first-order valence-electron chi connectivity index (χ1n) is 16.1. The molecule has 0 aromatic heterocycles. The molecule has 2 aromatic rings. The predicted octanol–water partition coefficient (Wildman–Crippen LogP) is 11.9. The van der Waals surface area contributed by atoms with Gasteiger partial charge in [-0.1, -0.05) is 147 Å². The van der Waals surface area contributed by atoms with Gasteiger partial charge in [0.2, 0.25) is 0 Å². The van der Waals surface area contributed by atoms with Gasteiger partial charge in [-0.15, -0.1) is 5.71 Å². The van der Waals surface area contributed by atoms with E-state index in [0.717, 1.165) is 34.0 Å². The molecule has 0 bridgehead atoms. The molecule has 0 aliphatic heterocycles. The molecule has 0 fully saturated rings. The summed E-state index contributed by atoms with van der Waals surface area (Å²) in [5.41, 5.74) is 5.06. The zero-order chi connectivity index (χ0) is 35.3. The summed E-state index contributed by atoms with van der Waals surface area (Å²) in [7, 11) is 0. The molecular weight excluding hydrogens is 632 g/mol. The van der Waals surface area contributed by atoms with Crippen molar-refractivity contribution in [1.29, 1.82) is 0 Å². The van der Waals surface area contributed by atoms with E-state index >= 15 is 0 Å². The molecule has 2 aromatic carbocycles. The topological polar surface area (TPSA) is 66.9 Å². The first-order valence-corrected chi connectivity index (χ1v) is 16.1. The number of aliphatic imine (C=N–C) groups is 1. The van der Waals surface area contributed by atoms with Crippen LogP contribution in [0, 0.1) is 6.04 Å². The summed E-state index contributed by atoms with van der Waals surface area (Å²) in [5.74, 6) is 0.912. The van der Waals surface area contributed by atoms with Crippen LogP contribution in [-0.4, -0.2) is 27.0 Å². The van der Waals surface area contributed by atoms with Gasteiger partial charge in [-0.05, 0) is 64.7 Å². The molecule has 0 spiro atoms. The molecular formula is C40H68N2O2Zr. The SMILES string of the molecule is CC(=NC(C)(C)C)[C-](C)[N-]C(C)(C)C.CC(C)(C)c1cccc(C(C)(C)C)c1O.CC(C)(C)c1cccc(C(C)(C)C)c1O.[Zr+2]. The Balaban J connectivity index is 0. The normalized spacial score (nSPS) is 13.1. The third-order valence-electron chi connectivity index (χ3n) is 6.83. The quantitative estimate of drug-likeness (QED) is 0.242. The van der Waals surface area contributed by atoms with Crippen LogP contribution < -0.4 is 0 Å². The smallest absolute Gasteiger partial charge is 0.808 e. The molecule has 45 heavy (non-hydrogen) atoms. The van der Waals surface area contributed by atoms with Crippen molar-refractivity contribution in [2.45, 2.75) is 171 Å². The van der Waals surface area contributed by atoms with E-state index in [2.05, 4.69) is 135 Å². The van der Waals surface area contributed by atoms with E-state index < -0.39 is 0 Å². The second-order valence-electron chi connectivity index (χ2n) is 18.1. The van der Waals surface area contributed by atoms with Gasteiger partial charge in [0.25, 0.3) is 0 Å². The minimum atomic E-state index is -0.0151. The van der Waals surface area contributed by atoms with Crippen molar-refractivity contribution < 1.29 is 36.4 Å². The Morgan fingerprint density at radius 2 is 0.800 bits per heavy atom. The van der Waals surface area contributed by atoms with E-state index in [4.69, 9.17) is 0 Å². The Morgan fingerprint density at radius 1 is 0.556 bits per heavy atom. The van der Waals surface area contributed by atoms with E-state index in [1.54, 1.807) is 0 Å². The number of hydrogen-bond donors (Lipinski definition) is 2. The molecule has 4 nitrogen and oxygen atoms in total. The van der Waals surface area contributed by atoms with Crippen LogP contribution in [0.1, 0.15) is 161 Å². The number of phenols is 2. The number of nitrogens with zero attached hydrogens (tertiary/aromatic N) is 2. The molecule has 0 unspecified atom stereocenters. The number of rotatable bonds is 2. The minimum absolute atomic E-state index is 0. The second kappa shape index (κ2) is 16.5. The third-order valence-corrected chi connectivity index (χ3v) is 6.83. The van der Waals surface area contributed by atoms with E-state index in [9.17, 15) is 10.2 Å². The summed E-state index contributed by atoms with van der Waals surface area (Å²) in [6.45, 7) is 42.1. The largest absolute Gasteiger partial charge is 2.00 e. The maximum absolute atomic E-state index is 10.3. The van der Waals surface area contributed by atoms with Gasteiger partial charge in [-0.2, -0.15) is 12.5 Å². The van der Waals surface area contributed by atoms with Crippen LogP contribution in [0.3, 0.4) is 0 Å². The van der Waals surface area contributed by atoms with Gasteiger partial charge in [-0.3, -0.25) is 0 Å². The summed E-state index contributed by atoms with van der Waals surface area (Å²) in [4.78, 5) is 4.58. The van der Waals surface area contributed by atoms with Gasteiger partial charge < -0.3 is 26.6 Å². The minimum Gasteiger partial charge on any atom is -0.808 e. The molecule has 0 aliphatic carbocycles. The van der Waals surface area contributed by atoms with Gasteiger partial charge in [0, 0.05) is 5.54 Å². The molecule has 0 amide bonds. The molecule has 0 heterocycles. The molecule has 0 radical (unpaired) electrons. The monoisotopic (exact) mass is 698 g/mol. The first kappa shape index (κ1) is 45.5. The average molecular weight is 700 g/mol. The van der Waals surface area contributed by atoms with E-state index in [1.165, 1.54) is 0 Å². The summed E-state index contributed by atoms with van der Waals surface area (Å²) in [5, 5.41) is 25.1. The van der Waals surface area contributed by atoms with Gasteiger partial charge in [-0.25, -0.2) is 0 Å². The maximum Gasteiger partial charge on any atom is 2.00 e. The Labute approximate surface area is 298 Å². The molecule has 0 aliphatic rings. The molecule has 0 atom stereocenters. The van der Waals surface area contributed by atoms with E-state index in [1.807, 2.05) is 50.2 Å². The van der Waals surface area contributed by atoms with Gasteiger partial charge in [0.15, 0.2) is 0 Å². The summed E-state index contributed by atoms with van der Waals surface area (Å²) in [6, 6.07) is 13.1. The van der Waals surface area contributed by atoms with Crippen LogP contribution in [0.4, 0.5) is 0 Å². The second-order valence-corrected chi connectivity index (χ2v) is 18.1. The van der Waals surface area contributed by atoms with Crippen LogP contribution in [0.25, 0.3) is 5.32 Å². The van der Waals surface area contributed by atoms with Crippen molar-refractivity contribution in [3.8, 4) is 11.5 Å². The first-order chi connectivity index (χ1) is 19.3. The standard InChI is InChI=1S/2C14H22O.C12H24N2.Zr/c2*1-13(2,3)10-8-7-9-11(12(10)15)14(4,5)6;1-9(13-11(3,4)5)10(2)14-12(6,7)8;/h2*7-9,15H,1-6H3;1-8H3;/q;;-2;+2. The van der Waals surface area contributed by atoms with E-state index in [0.29, 0.717) is 11.5 Å².